The van der Waals surface area contributed by atoms with E-state index in [-0.39, 0.29) is 0 Å². The van der Waals surface area contributed by atoms with Crippen LogP contribution in [0.3, 0.4) is 0 Å². The number of methoxy groups -OCH3 is 1. The van der Waals surface area contributed by atoms with Gasteiger partial charge in [0.25, 0.3) is 0 Å². The first-order valence-corrected chi connectivity index (χ1v) is 8.02. The maximum absolute atomic E-state index is 6.15. The second-order valence-corrected chi connectivity index (χ2v) is 7.18. The predicted molar refractivity (Wildman–Crippen MR) is 76.6 cm³/mol. The molecule has 100 valence electrons. The summed E-state index contributed by atoms with van der Waals surface area (Å²) in [6.45, 7) is 0. The van der Waals surface area contributed by atoms with Crippen molar-refractivity contribution in [3.05, 3.63) is 20.8 Å². The lowest BCUT2D eigenvalue weighted by atomic mass is 9.93. The minimum Gasteiger partial charge on any atom is -0.381 e. The second-order valence-electron chi connectivity index (χ2n) is 5.41. The van der Waals surface area contributed by atoms with Crippen LogP contribution in [0.1, 0.15) is 48.6 Å². The molecule has 1 aromatic heterocycles. The van der Waals surface area contributed by atoms with Gasteiger partial charge in [-0.05, 0) is 50.2 Å². The van der Waals surface area contributed by atoms with Crippen molar-refractivity contribution in [2.45, 2.75) is 56.7 Å². The standard InChI is InChI=1S/C14H20ClNOS/c1-17-10-6-5-9(7-10)16-12-3-2-4-13-11(12)8-14(15)18-13/h8-10,12,16H,2-7H2,1H3. The van der Waals surface area contributed by atoms with Gasteiger partial charge in [0.05, 0.1) is 10.4 Å². The van der Waals surface area contributed by atoms with Gasteiger partial charge in [-0.25, -0.2) is 0 Å². The van der Waals surface area contributed by atoms with Gasteiger partial charge >= 0.3 is 0 Å². The molecule has 1 saturated carbocycles. The molecule has 1 N–H and O–H groups in total. The van der Waals surface area contributed by atoms with E-state index in [1.165, 1.54) is 42.5 Å². The first kappa shape index (κ1) is 12.9. The van der Waals surface area contributed by atoms with Crippen LogP contribution in [-0.4, -0.2) is 19.3 Å². The smallest absolute Gasteiger partial charge is 0.0934 e. The van der Waals surface area contributed by atoms with E-state index in [2.05, 4.69) is 11.4 Å². The second kappa shape index (κ2) is 5.49. The number of fused-ring (bicyclic) bond motifs is 1. The highest BCUT2D eigenvalue weighted by molar-refractivity contribution is 7.16. The molecule has 2 nitrogen and oxygen atoms in total. The summed E-state index contributed by atoms with van der Waals surface area (Å²) < 4.78 is 6.38. The van der Waals surface area contributed by atoms with Gasteiger partial charge in [-0.15, -0.1) is 11.3 Å². The molecule has 1 heterocycles. The van der Waals surface area contributed by atoms with E-state index in [4.69, 9.17) is 16.3 Å². The minimum atomic E-state index is 0.455. The first-order chi connectivity index (χ1) is 8.76. The highest BCUT2D eigenvalue weighted by atomic mass is 35.5. The lowest BCUT2D eigenvalue weighted by Crippen LogP contribution is -2.33. The summed E-state index contributed by atoms with van der Waals surface area (Å²) in [5.74, 6) is 0. The van der Waals surface area contributed by atoms with Crippen LogP contribution in [0.25, 0.3) is 0 Å². The average molecular weight is 286 g/mol. The Morgan fingerprint density at radius 1 is 1.39 bits per heavy atom. The number of halogens is 1. The first-order valence-electron chi connectivity index (χ1n) is 6.83. The summed E-state index contributed by atoms with van der Waals surface area (Å²) in [5, 5.41) is 3.82. The van der Waals surface area contributed by atoms with E-state index in [0.29, 0.717) is 18.2 Å². The normalized spacial score (nSPS) is 31.6. The monoisotopic (exact) mass is 285 g/mol. The fourth-order valence-electron chi connectivity index (χ4n) is 3.28. The van der Waals surface area contributed by atoms with Crippen molar-refractivity contribution in [1.29, 1.82) is 0 Å². The molecule has 0 saturated heterocycles. The van der Waals surface area contributed by atoms with E-state index < -0.39 is 0 Å². The van der Waals surface area contributed by atoms with E-state index in [1.54, 1.807) is 11.3 Å². The Balaban J connectivity index is 1.67. The Labute approximate surface area is 118 Å². The number of rotatable bonds is 3. The molecule has 4 heteroatoms. The van der Waals surface area contributed by atoms with Crippen molar-refractivity contribution in [2.75, 3.05) is 7.11 Å². The molecule has 1 fully saturated rings. The van der Waals surface area contributed by atoms with Crippen LogP contribution in [0.15, 0.2) is 6.07 Å². The van der Waals surface area contributed by atoms with Crippen LogP contribution in [0.5, 0.6) is 0 Å². The fraction of sp³-hybridized carbons (Fsp3) is 0.714. The summed E-state index contributed by atoms with van der Waals surface area (Å²) in [7, 11) is 1.82. The Morgan fingerprint density at radius 2 is 2.28 bits per heavy atom. The van der Waals surface area contributed by atoms with E-state index in [1.807, 2.05) is 7.11 Å². The van der Waals surface area contributed by atoms with E-state index in [9.17, 15) is 0 Å². The Hall–Kier alpha value is -0.0900. The Bertz CT molecular complexity index is 420. The average Bonchev–Trinajstić information content (AvgIpc) is 2.95. The molecular weight excluding hydrogens is 266 g/mol. The predicted octanol–water partition coefficient (Wildman–Crippen LogP) is 3.94. The molecule has 3 atom stereocenters. The molecule has 18 heavy (non-hydrogen) atoms. The van der Waals surface area contributed by atoms with Crippen molar-refractivity contribution in [2.24, 2.45) is 0 Å². The highest BCUT2D eigenvalue weighted by Gasteiger charge is 2.29. The Morgan fingerprint density at radius 3 is 3.06 bits per heavy atom. The number of ether oxygens (including phenoxy) is 1. The largest absolute Gasteiger partial charge is 0.381 e. The van der Waals surface area contributed by atoms with Crippen molar-refractivity contribution in [3.63, 3.8) is 0 Å². The van der Waals surface area contributed by atoms with Gasteiger partial charge in [-0.3, -0.25) is 0 Å². The topological polar surface area (TPSA) is 21.3 Å². The van der Waals surface area contributed by atoms with Crippen molar-refractivity contribution >= 4 is 22.9 Å². The fourth-order valence-corrected chi connectivity index (χ4v) is 4.67. The number of hydrogen-bond acceptors (Lipinski definition) is 3. The molecule has 3 unspecified atom stereocenters. The van der Waals surface area contributed by atoms with E-state index in [0.717, 1.165) is 10.8 Å². The number of hydrogen-bond donors (Lipinski definition) is 1. The summed E-state index contributed by atoms with van der Waals surface area (Å²) in [6, 6.07) is 3.30. The molecule has 2 aliphatic rings. The van der Waals surface area contributed by atoms with Gasteiger partial charge < -0.3 is 10.1 Å². The van der Waals surface area contributed by atoms with Crippen molar-refractivity contribution < 1.29 is 4.74 Å². The van der Waals surface area contributed by atoms with Crippen molar-refractivity contribution in [3.8, 4) is 0 Å². The number of aryl methyl sites for hydroxylation is 1. The lowest BCUT2D eigenvalue weighted by Gasteiger charge is -2.27. The van der Waals surface area contributed by atoms with Crippen LogP contribution in [0, 0.1) is 0 Å². The lowest BCUT2D eigenvalue weighted by molar-refractivity contribution is 0.106. The van der Waals surface area contributed by atoms with Crippen LogP contribution in [0.2, 0.25) is 4.34 Å². The third-order valence-electron chi connectivity index (χ3n) is 4.24. The van der Waals surface area contributed by atoms with Gasteiger partial charge in [0.15, 0.2) is 0 Å². The maximum Gasteiger partial charge on any atom is 0.0934 e. The Kier molecular flexibility index (Phi) is 3.94. The third kappa shape index (κ3) is 2.60. The summed E-state index contributed by atoms with van der Waals surface area (Å²) in [5.41, 5.74) is 1.46. The SMILES string of the molecule is COC1CCC(NC2CCCc3sc(Cl)cc32)C1. The molecule has 3 rings (SSSR count). The van der Waals surface area contributed by atoms with Crippen molar-refractivity contribution in [1.82, 2.24) is 5.32 Å². The molecule has 0 aliphatic heterocycles. The zero-order valence-corrected chi connectivity index (χ0v) is 12.3. The van der Waals surface area contributed by atoms with Crippen LogP contribution >= 0.6 is 22.9 Å². The number of nitrogens with one attached hydrogen (secondary N) is 1. The zero-order valence-electron chi connectivity index (χ0n) is 10.7. The molecule has 0 spiro atoms. The molecule has 0 aromatic carbocycles. The minimum absolute atomic E-state index is 0.455. The summed E-state index contributed by atoms with van der Waals surface area (Å²) in [4.78, 5) is 1.49. The summed E-state index contributed by atoms with van der Waals surface area (Å²) in [6.07, 6.45) is 7.77. The highest BCUT2D eigenvalue weighted by Crippen LogP contribution is 2.38. The molecule has 0 amide bonds. The van der Waals surface area contributed by atoms with Crippen LogP contribution in [0.4, 0.5) is 0 Å². The summed E-state index contributed by atoms with van der Waals surface area (Å²) >= 11 is 7.91. The van der Waals surface area contributed by atoms with Crippen LogP contribution in [-0.2, 0) is 11.2 Å². The van der Waals surface area contributed by atoms with Gasteiger partial charge in [0.2, 0.25) is 0 Å². The maximum atomic E-state index is 6.15. The van der Waals surface area contributed by atoms with Gasteiger partial charge in [0.1, 0.15) is 0 Å². The van der Waals surface area contributed by atoms with E-state index >= 15 is 0 Å². The molecule has 0 bridgehead atoms. The molecular formula is C14H20ClNOS. The number of thiophene rings is 1. The zero-order chi connectivity index (χ0) is 12.5. The van der Waals surface area contributed by atoms with Gasteiger partial charge in [0, 0.05) is 24.1 Å². The van der Waals surface area contributed by atoms with Crippen LogP contribution < -0.4 is 5.32 Å². The van der Waals surface area contributed by atoms with Gasteiger partial charge in [-0.2, -0.15) is 0 Å². The quantitative estimate of drug-likeness (QED) is 0.908. The third-order valence-corrected chi connectivity index (χ3v) is 5.58. The molecule has 1 aromatic rings. The molecule has 2 aliphatic carbocycles. The molecule has 0 radical (unpaired) electrons. The van der Waals surface area contributed by atoms with Gasteiger partial charge in [-0.1, -0.05) is 11.6 Å².